The first-order valence-electron chi connectivity index (χ1n) is 11.2. The summed E-state index contributed by atoms with van der Waals surface area (Å²) in [5, 5.41) is 22.5. The van der Waals surface area contributed by atoms with Crippen LogP contribution in [0.15, 0.2) is 46.9 Å². The fourth-order valence-electron chi connectivity index (χ4n) is 4.51. The molecule has 4 rings (SSSR count). The minimum atomic E-state index is -0.715. The molecular formula is C25H28N4O4. The van der Waals surface area contributed by atoms with Gasteiger partial charge in [-0.2, -0.15) is 0 Å². The third-order valence-electron chi connectivity index (χ3n) is 6.04. The van der Waals surface area contributed by atoms with E-state index in [4.69, 9.17) is 9.52 Å². The van der Waals surface area contributed by atoms with Crippen LogP contribution in [0.25, 0.3) is 0 Å². The van der Waals surface area contributed by atoms with Crippen molar-refractivity contribution in [3.05, 3.63) is 65.0 Å². The molecule has 33 heavy (non-hydrogen) atoms. The first-order valence-corrected chi connectivity index (χ1v) is 11.2. The normalized spacial score (nSPS) is 18.0. The monoisotopic (exact) mass is 448 g/mol. The van der Waals surface area contributed by atoms with E-state index in [9.17, 15) is 9.59 Å². The molecule has 1 aromatic heterocycles. The molecule has 0 bridgehead atoms. The van der Waals surface area contributed by atoms with Gasteiger partial charge >= 0.3 is 23.8 Å². The number of benzene rings is 2. The van der Waals surface area contributed by atoms with Crippen LogP contribution in [0, 0.1) is 19.8 Å². The summed E-state index contributed by atoms with van der Waals surface area (Å²) in [5.74, 6) is -0.607. The molecule has 3 aromatic rings. The molecule has 0 saturated heterocycles. The molecule has 1 fully saturated rings. The van der Waals surface area contributed by atoms with Gasteiger partial charge in [-0.15, -0.1) is 5.10 Å². The van der Waals surface area contributed by atoms with Crippen molar-refractivity contribution in [2.45, 2.75) is 51.9 Å². The molecule has 0 spiro atoms. The average Bonchev–Trinajstić information content (AvgIpc) is 3.22. The molecule has 1 saturated carbocycles. The highest BCUT2D eigenvalue weighted by Crippen LogP contribution is 2.37. The van der Waals surface area contributed by atoms with Crippen LogP contribution >= 0.6 is 0 Å². The lowest BCUT2D eigenvalue weighted by Gasteiger charge is -2.28. The van der Waals surface area contributed by atoms with Crippen LogP contribution in [0.3, 0.4) is 0 Å². The number of rotatable bonds is 7. The third-order valence-corrected chi connectivity index (χ3v) is 6.04. The number of carboxylic acids is 1. The Morgan fingerprint density at radius 2 is 1.64 bits per heavy atom. The first kappa shape index (κ1) is 22.5. The number of carbonyl (C=O) groups excluding carboxylic acids is 1. The van der Waals surface area contributed by atoms with Gasteiger partial charge in [0.1, 0.15) is 0 Å². The van der Waals surface area contributed by atoms with Gasteiger partial charge in [0.2, 0.25) is 0 Å². The van der Waals surface area contributed by atoms with Crippen molar-refractivity contribution in [1.29, 1.82) is 0 Å². The second kappa shape index (κ2) is 9.85. The van der Waals surface area contributed by atoms with E-state index in [1.54, 1.807) is 0 Å². The van der Waals surface area contributed by atoms with Crippen molar-refractivity contribution in [1.82, 2.24) is 10.2 Å². The lowest BCUT2D eigenvalue weighted by molar-refractivity contribution is -0.138. The number of nitrogens with one attached hydrogen (secondary N) is 2. The minimum absolute atomic E-state index is 0.122. The van der Waals surface area contributed by atoms with Gasteiger partial charge in [-0.1, -0.05) is 23.3 Å². The number of aliphatic carboxylic acids is 1. The van der Waals surface area contributed by atoms with Crippen LogP contribution < -0.4 is 10.6 Å². The van der Waals surface area contributed by atoms with E-state index in [-0.39, 0.29) is 24.2 Å². The highest BCUT2D eigenvalue weighted by molar-refractivity contribution is 6.00. The zero-order chi connectivity index (χ0) is 23.4. The van der Waals surface area contributed by atoms with Crippen LogP contribution in [0.1, 0.15) is 65.4 Å². The highest BCUT2D eigenvalue weighted by Gasteiger charge is 2.24. The Bertz CT molecular complexity index is 1110. The van der Waals surface area contributed by atoms with Crippen LogP contribution in [0.2, 0.25) is 0 Å². The zero-order valence-electron chi connectivity index (χ0n) is 18.8. The summed E-state index contributed by atoms with van der Waals surface area (Å²) in [6, 6.07) is 13.9. The number of carboxylic acid groups (broad SMARTS) is 1. The van der Waals surface area contributed by atoms with E-state index in [1.807, 2.05) is 50.2 Å². The molecular weight excluding hydrogens is 420 g/mol. The SMILES string of the molecule is Cc1cc(C)cc(Nc2nnc(C(=O)Nc3ccc([C@H]4CC[C@H](CC(=O)O)CC4)cc3)o2)c1. The molecule has 172 valence electrons. The van der Waals surface area contributed by atoms with Gasteiger partial charge in [0.05, 0.1) is 0 Å². The van der Waals surface area contributed by atoms with Crippen LogP contribution in [0.5, 0.6) is 0 Å². The topological polar surface area (TPSA) is 117 Å². The molecule has 0 atom stereocenters. The van der Waals surface area contributed by atoms with Crippen LogP contribution in [0.4, 0.5) is 17.4 Å². The number of amides is 1. The number of anilines is 3. The summed E-state index contributed by atoms with van der Waals surface area (Å²) in [5.41, 5.74) is 4.87. The fraction of sp³-hybridized carbons (Fsp3) is 0.360. The van der Waals surface area contributed by atoms with E-state index < -0.39 is 11.9 Å². The van der Waals surface area contributed by atoms with Crippen molar-refractivity contribution in [2.75, 3.05) is 10.6 Å². The summed E-state index contributed by atoms with van der Waals surface area (Å²) >= 11 is 0. The minimum Gasteiger partial charge on any atom is -0.481 e. The molecule has 3 N–H and O–H groups in total. The smallest absolute Gasteiger partial charge is 0.320 e. The number of hydrogen-bond acceptors (Lipinski definition) is 6. The predicted molar refractivity (Wildman–Crippen MR) is 125 cm³/mol. The Morgan fingerprint density at radius 3 is 2.27 bits per heavy atom. The number of aryl methyl sites for hydroxylation is 2. The first-order chi connectivity index (χ1) is 15.9. The van der Waals surface area contributed by atoms with Crippen molar-refractivity contribution in [2.24, 2.45) is 5.92 Å². The van der Waals surface area contributed by atoms with Gasteiger partial charge in [0.15, 0.2) is 0 Å². The Labute approximate surface area is 192 Å². The number of carbonyl (C=O) groups is 2. The van der Waals surface area contributed by atoms with Gasteiger partial charge in [-0.05, 0) is 92.3 Å². The lowest BCUT2D eigenvalue weighted by atomic mass is 9.77. The van der Waals surface area contributed by atoms with Gasteiger partial charge in [0.25, 0.3) is 0 Å². The Hall–Kier alpha value is -3.68. The number of hydrogen-bond donors (Lipinski definition) is 3. The molecule has 2 aromatic carbocycles. The molecule has 0 unspecified atom stereocenters. The van der Waals surface area contributed by atoms with Gasteiger partial charge in [-0.25, -0.2) is 0 Å². The maximum absolute atomic E-state index is 12.5. The van der Waals surface area contributed by atoms with Gasteiger partial charge in [-0.3, -0.25) is 9.59 Å². The predicted octanol–water partition coefficient (Wildman–Crippen LogP) is 5.43. The second-order valence-electron chi connectivity index (χ2n) is 8.81. The fourth-order valence-corrected chi connectivity index (χ4v) is 4.51. The molecule has 1 aliphatic rings. The van der Waals surface area contributed by atoms with E-state index in [0.717, 1.165) is 42.5 Å². The van der Waals surface area contributed by atoms with E-state index >= 15 is 0 Å². The van der Waals surface area contributed by atoms with E-state index in [1.165, 1.54) is 5.56 Å². The molecule has 0 radical (unpaired) electrons. The number of nitrogens with zero attached hydrogens (tertiary/aromatic N) is 2. The quantitative estimate of drug-likeness (QED) is 0.441. The Kier molecular flexibility index (Phi) is 6.72. The highest BCUT2D eigenvalue weighted by atomic mass is 16.4. The summed E-state index contributed by atoms with van der Waals surface area (Å²) in [4.78, 5) is 23.4. The second-order valence-corrected chi connectivity index (χ2v) is 8.81. The summed E-state index contributed by atoms with van der Waals surface area (Å²) in [6.07, 6.45) is 4.11. The lowest BCUT2D eigenvalue weighted by Crippen LogP contribution is -2.16. The zero-order valence-corrected chi connectivity index (χ0v) is 18.8. The number of aromatic nitrogens is 2. The molecule has 1 heterocycles. The summed E-state index contributed by atoms with van der Waals surface area (Å²) in [6.45, 7) is 4.00. The molecule has 8 heteroatoms. The van der Waals surface area contributed by atoms with E-state index in [0.29, 0.717) is 11.6 Å². The average molecular weight is 449 g/mol. The molecule has 1 amide bonds. The third kappa shape index (κ3) is 5.97. The summed E-state index contributed by atoms with van der Waals surface area (Å²) < 4.78 is 5.47. The van der Waals surface area contributed by atoms with E-state index in [2.05, 4.69) is 26.9 Å². The van der Waals surface area contributed by atoms with Crippen molar-refractivity contribution in [3.8, 4) is 0 Å². The molecule has 1 aliphatic carbocycles. The van der Waals surface area contributed by atoms with Crippen molar-refractivity contribution in [3.63, 3.8) is 0 Å². The largest absolute Gasteiger partial charge is 0.481 e. The van der Waals surface area contributed by atoms with Crippen LogP contribution in [-0.2, 0) is 4.79 Å². The molecule has 8 nitrogen and oxygen atoms in total. The van der Waals surface area contributed by atoms with Crippen LogP contribution in [-0.4, -0.2) is 27.2 Å². The standard InChI is InChI=1S/C25H28N4O4/c1-15-11-16(2)13-21(12-15)27-25-29-28-24(33-25)23(32)26-20-9-7-19(8-10-20)18-5-3-17(4-6-18)14-22(30)31/h7-13,17-18H,3-6,14H2,1-2H3,(H,26,32)(H,27,29)(H,30,31)/t17-,18-. The van der Waals surface area contributed by atoms with Crippen molar-refractivity contribution >= 4 is 29.3 Å². The Morgan fingerprint density at radius 1 is 0.970 bits per heavy atom. The van der Waals surface area contributed by atoms with Gasteiger partial charge in [0, 0.05) is 17.8 Å². The van der Waals surface area contributed by atoms with Gasteiger partial charge < -0.3 is 20.2 Å². The summed E-state index contributed by atoms with van der Waals surface area (Å²) in [7, 11) is 0. The maximum atomic E-state index is 12.5. The maximum Gasteiger partial charge on any atom is 0.320 e. The van der Waals surface area contributed by atoms with Crippen molar-refractivity contribution < 1.29 is 19.1 Å². The molecule has 0 aliphatic heterocycles. The Balaban J connectivity index is 1.32.